The Morgan fingerprint density at radius 2 is 1.82 bits per heavy atom. The molecule has 0 aliphatic carbocycles. The van der Waals surface area contributed by atoms with Gasteiger partial charge in [-0.2, -0.15) is 5.10 Å². The maximum Gasteiger partial charge on any atom is 0.407 e. The van der Waals surface area contributed by atoms with Crippen LogP contribution in [0.2, 0.25) is 0 Å². The first kappa shape index (κ1) is 26.3. The number of hydrogen-bond donors (Lipinski definition) is 2. The predicted molar refractivity (Wildman–Crippen MR) is 140 cm³/mol. The number of fused-ring (bicyclic) bond motifs is 1. The number of hydrogen-bond acceptors (Lipinski definition) is 8. The second-order valence-electron chi connectivity index (χ2n) is 8.23. The number of methoxy groups -OCH3 is 1. The van der Waals surface area contributed by atoms with Gasteiger partial charge in [-0.25, -0.2) is 10.2 Å². The van der Waals surface area contributed by atoms with E-state index in [-0.39, 0.29) is 19.8 Å². The maximum atomic E-state index is 12.8. The SMILES string of the molecule is CCOC(=O)N[C@@H](Cc1ccccc1)C(=O)N/N=C\c1ccc(OCc2ccc3c(c2)OCO3)c(OC)c1. The molecule has 1 atom stereocenters. The van der Waals surface area contributed by atoms with Gasteiger partial charge in [0.05, 0.1) is 19.9 Å². The molecule has 1 aliphatic rings. The molecule has 3 aromatic rings. The van der Waals surface area contributed by atoms with Gasteiger partial charge in [0.1, 0.15) is 12.6 Å². The lowest BCUT2D eigenvalue weighted by atomic mass is 10.1. The van der Waals surface area contributed by atoms with Gasteiger partial charge in [0, 0.05) is 6.42 Å². The number of alkyl carbamates (subject to hydrolysis) is 1. The molecule has 0 saturated heterocycles. The first-order valence-corrected chi connectivity index (χ1v) is 12.0. The zero-order valence-electron chi connectivity index (χ0n) is 21.1. The van der Waals surface area contributed by atoms with Gasteiger partial charge in [-0.05, 0) is 53.9 Å². The summed E-state index contributed by atoms with van der Waals surface area (Å²) in [6.45, 7) is 2.42. The average molecular weight is 520 g/mol. The maximum absolute atomic E-state index is 12.8. The fraction of sp³-hybridized carbons (Fsp3) is 0.250. The fourth-order valence-electron chi connectivity index (χ4n) is 3.70. The Balaban J connectivity index is 1.36. The number of amides is 2. The molecular weight excluding hydrogens is 490 g/mol. The summed E-state index contributed by atoms with van der Waals surface area (Å²) in [6.07, 6.45) is 1.09. The van der Waals surface area contributed by atoms with Crippen molar-refractivity contribution in [1.29, 1.82) is 0 Å². The zero-order valence-corrected chi connectivity index (χ0v) is 21.1. The highest BCUT2D eigenvalue weighted by Crippen LogP contribution is 2.33. The lowest BCUT2D eigenvalue weighted by Crippen LogP contribution is -2.47. The third-order valence-corrected chi connectivity index (χ3v) is 5.57. The van der Waals surface area contributed by atoms with E-state index in [1.165, 1.54) is 6.21 Å². The number of benzene rings is 3. The van der Waals surface area contributed by atoms with E-state index >= 15 is 0 Å². The smallest absolute Gasteiger partial charge is 0.407 e. The molecule has 4 rings (SSSR count). The Bertz CT molecular complexity index is 1280. The van der Waals surface area contributed by atoms with Crippen LogP contribution in [0.1, 0.15) is 23.6 Å². The van der Waals surface area contributed by atoms with Crippen molar-refractivity contribution in [3.05, 3.63) is 83.4 Å². The molecule has 10 heteroatoms. The van der Waals surface area contributed by atoms with Crippen LogP contribution >= 0.6 is 0 Å². The minimum atomic E-state index is -0.866. The average Bonchev–Trinajstić information content (AvgIpc) is 3.40. The molecule has 2 N–H and O–H groups in total. The van der Waals surface area contributed by atoms with Gasteiger partial charge in [-0.1, -0.05) is 36.4 Å². The van der Waals surface area contributed by atoms with Crippen molar-refractivity contribution in [2.45, 2.75) is 26.0 Å². The highest BCUT2D eigenvalue weighted by Gasteiger charge is 2.21. The van der Waals surface area contributed by atoms with E-state index in [4.69, 9.17) is 23.7 Å². The number of carbonyl (C=O) groups excluding carboxylic acids is 2. The van der Waals surface area contributed by atoms with Crippen molar-refractivity contribution in [2.24, 2.45) is 5.10 Å². The molecule has 2 amide bonds. The monoisotopic (exact) mass is 519 g/mol. The van der Waals surface area contributed by atoms with E-state index in [9.17, 15) is 9.59 Å². The predicted octanol–water partition coefficient (Wildman–Crippen LogP) is 3.81. The largest absolute Gasteiger partial charge is 0.493 e. The Labute approximate surface area is 220 Å². The summed E-state index contributed by atoms with van der Waals surface area (Å²) in [4.78, 5) is 24.7. The lowest BCUT2D eigenvalue weighted by Gasteiger charge is -2.16. The molecule has 3 aromatic carbocycles. The fourth-order valence-corrected chi connectivity index (χ4v) is 3.70. The number of nitrogens with one attached hydrogen (secondary N) is 2. The van der Waals surface area contributed by atoms with E-state index in [1.807, 2.05) is 48.5 Å². The van der Waals surface area contributed by atoms with Crippen molar-refractivity contribution in [2.75, 3.05) is 20.5 Å². The molecule has 0 unspecified atom stereocenters. The third kappa shape index (κ3) is 7.16. The Morgan fingerprint density at radius 1 is 1.00 bits per heavy atom. The third-order valence-electron chi connectivity index (χ3n) is 5.57. The second kappa shape index (κ2) is 13.0. The van der Waals surface area contributed by atoms with Gasteiger partial charge in [-0.3, -0.25) is 4.79 Å². The van der Waals surface area contributed by atoms with Gasteiger partial charge >= 0.3 is 6.09 Å². The lowest BCUT2D eigenvalue weighted by molar-refractivity contribution is -0.123. The van der Waals surface area contributed by atoms with E-state index in [2.05, 4.69) is 15.8 Å². The molecule has 1 heterocycles. The minimum absolute atomic E-state index is 0.196. The molecule has 0 saturated carbocycles. The van der Waals surface area contributed by atoms with Crippen LogP contribution in [0, 0.1) is 0 Å². The van der Waals surface area contributed by atoms with Crippen LogP contribution in [0.3, 0.4) is 0 Å². The van der Waals surface area contributed by atoms with Gasteiger partial charge in [0.2, 0.25) is 6.79 Å². The van der Waals surface area contributed by atoms with Gasteiger partial charge < -0.3 is 29.0 Å². The standard InChI is InChI=1S/C28H29N3O7/c1-3-35-28(33)30-22(13-19-7-5-4-6-8-19)27(32)31-29-16-20-9-11-23(25(14-20)34-2)36-17-21-10-12-24-26(15-21)38-18-37-24/h4-12,14-16,22H,3,13,17-18H2,1-2H3,(H,30,33)(H,31,32)/b29-16-/t22-/m0/s1. The van der Waals surface area contributed by atoms with Gasteiger partial charge in [0.25, 0.3) is 5.91 Å². The second-order valence-corrected chi connectivity index (χ2v) is 8.23. The van der Waals surface area contributed by atoms with Crippen LogP contribution in [-0.4, -0.2) is 44.8 Å². The molecule has 0 spiro atoms. The first-order chi connectivity index (χ1) is 18.6. The molecule has 1 aliphatic heterocycles. The van der Waals surface area contributed by atoms with E-state index in [1.54, 1.807) is 32.2 Å². The summed E-state index contributed by atoms with van der Waals surface area (Å²) in [5.41, 5.74) is 4.97. The van der Waals surface area contributed by atoms with Crippen LogP contribution in [0.15, 0.2) is 71.8 Å². The molecule has 38 heavy (non-hydrogen) atoms. The quantitative estimate of drug-likeness (QED) is 0.292. The van der Waals surface area contributed by atoms with Crippen LogP contribution in [0.25, 0.3) is 0 Å². The molecule has 0 bridgehead atoms. The molecule has 10 nitrogen and oxygen atoms in total. The summed E-state index contributed by atoms with van der Waals surface area (Å²) in [5.74, 6) is 1.98. The zero-order chi connectivity index (χ0) is 26.7. The van der Waals surface area contributed by atoms with Crippen molar-refractivity contribution in [3.63, 3.8) is 0 Å². The topological polar surface area (TPSA) is 117 Å². The summed E-state index contributed by atoms with van der Waals surface area (Å²) in [6, 6.07) is 19.4. The molecule has 0 aromatic heterocycles. The Kier molecular flexibility index (Phi) is 9.01. The number of nitrogens with zero attached hydrogens (tertiary/aromatic N) is 1. The Hall–Kier alpha value is -4.73. The van der Waals surface area contributed by atoms with Crippen LogP contribution in [0.5, 0.6) is 23.0 Å². The van der Waals surface area contributed by atoms with Crippen LogP contribution < -0.4 is 29.7 Å². The molecular formula is C28H29N3O7. The molecule has 0 fully saturated rings. The summed E-state index contributed by atoms with van der Waals surface area (Å²) in [7, 11) is 1.54. The van der Waals surface area contributed by atoms with E-state index in [0.29, 0.717) is 35.2 Å². The van der Waals surface area contributed by atoms with Crippen LogP contribution in [-0.2, 0) is 22.6 Å². The minimum Gasteiger partial charge on any atom is -0.493 e. The normalized spacial score (nSPS) is 12.6. The van der Waals surface area contributed by atoms with E-state index < -0.39 is 18.0 Å². The number of carbonyl (C=O) groups is 2. The van der Waals surface area contributed by atoms with Crippen molar-refractivity contribution in [1.82, 2.24) is 10.7 Å². The summed E-state index contributed by atoms with van der Waals surface area (Å²) in [5, 5.41) is 6.63. The van der Waals surface area contributed by atoms with Gasteiger partial charge in [0.15, 0.2) is 23.0 Å². The molecule has 0 radical (unpaired) electrons. The highest BCUT2D eigenvalue weighted by molar-refractivity contribution is 5.87. The number of rotatable bonds is 11. The first-order valence-electron chi connectivity index (χ1n) is 12.0. The highest BCUT2D eigenvalue weighted by atomic mass is 16.7. The molecule has 198 valence electrons. The van der Waals surface area contributed by atoms with Crippen molar-refractivity contribution in [3.8, 4) is 23.0 Å². The van der Waals surface area contributed by atoms with Crippen molar-refractivity contribution < 1.29 is 33.3 Å². The number of ether oxygens (including phenoxy) is 5. The summed E-state index contributed by atoms with van der Waals surface area (Å²) < 4.78 is 27.1. The van der Waals surface area contributed by atoms with Crippen molar-refractivity contribution >= 4 is 18.2 Å². The summed E-state index contributed by atoms with van der Waals surface area (Å²) >= 11 is 0. The van der Waals surface area contributed by atoms with Crippen LogP contribution in [0.4, 0.5) is 4.79 Å². The number of hydrazone groups is 1. The Morgan fingerprint density at radius 3 is 2.61 bits per heavy atom. The van der Waals surface area contributed by atoms with Gasteiger partial charge in [-0.15, -0.1) is 0 Å². The van der Waals surface area contributed by atoms with E-state index in [0.717, 1.165) is 11.1 Å².